The number of pyridine rings is 1. The van der Waals surface area contributed by atoms with Crippen molar-refractivity contribution in [3.05, 3.63) is 28.5 Å². The third kappa shape index (κ3) is 2.53. The Morgan fingerprint density at radius 3 is 2.84 bits per heavy atom. The second-order valence-electron chi connectivity index (χ2n) is 3.82. The first kappa shape index (κ1) is 13.7. The molecule has 7 heteroatoms. The molecule has 0 amide bonds. The molecule has 0 N–H and O–H groups in total. The maximum absolute atomic E-state index is 8.72. The van der Waals surface area contributed by atoms with Gasteiger partial charge < -0.3 is 4.74 Å². The fourth-order valence-corrected chi connectivity index (χ4v) is 2.38. The van der Waals surface area contributed by atoms with Gasteiger partial charge in [-0.15, -0.1) is 0 Å². The minimum Gasteiger partial charge on any atom is -0.480 e. The fourth-order valence-electron chi connectivity index (χ4n) is 1.67. The van der Waals surface area contributed by atoms with Crippen LogP contribution in [0.2, 0.25) is 5.02 Å². The van der Waals surface area contributed by atoms with E-state index in [1.54, 1.807) is 16.9 Å². The Morgan fingerprint density at radius 2 is 2.21 bits per heavy atom. The molecule has 0 fully saturated rings. The highest BCUT2D eigenvalue weighted by atomic mass is 35.5. The van der Waals surface area contributed by atoms with E-state index in [9.17, 15) is 0 Å². The molecule has 0 aromatic carbocycles. The summed E-state index contributed by atoms with van der Waals surface area (Å²) in [6.07, 6.45) is 1.64. The first-order chi connectivity index (χ1) is 9.08. The van der Waals surface area contributed by atoms with Gasteiger partial charge in [0.05, 0.1) is 23.9 Å². The molecule has 2 rings (SSSR count). The molecular formula is C12H11ClN4OS. The van der Waals surface area contributed by atoms with Crippen LogP contribution in [-0.4, -0.2) is 21.9 Å². The normalized spacial score (nSPS) is 10.3. The van der Waals surface area contributed by atoms with Gasteiger partial charge in [0.2, 0.25) is 5.88 Å². The number of aromatic nitrogens is 3. The number of thioether (sulfide) groups is 1. The monoisotopic (exact) mass is 294 g/mol. The lowest BCUT2D eigenvalue weighted by Gasteiger charge is -2.10. The number of methoxy groups -OCH3 is 1. The summed E-state index contributed by atoms with van der Waals surface area (Å²) in [7, 11) is 1.51. The lowest BCUT2D eigenvalue weighted by Crippen LogP contribution is -2.05. The molecule has 2 heterocycles. The second kappa shape index (κ2) is 5.51. The molecule has 0 unspecified atom stereocenters. The Bertz CT molecular complexity index is 662. The zero-order valence-corrected chi connectivity index (χ0v) is 12.2. The zero-order chi connectivity index (χ0) is 14.0. The van der Waals surface area contributed by atoms with Crippen molar-refractivity contribution in [1.29, 1.82) is 5.26 Å². The molecule has 0 atom stereocenters. The molecular weight excluding hydrogens is 284 g/mol. The molecule has 0 radical (unpaired) electrons. The van der Waals surface area contributed by atoms with Crippen LogP contribution in [0.3, 0.4) is 0 Å². The van der Waals surface area contributed by atoms with Crippen molar-refractivity contribution in [3.8, 4) is 17.1 Å². The van der Waals surface area contributed by atoms with Crippen molar-refractivity contribution in [3.63, 3.8) is 0 Å². The molecule has 0 saturated heterocycles. The van der Waals surface area contributed by atoms with Crippen molar-refractivity contribution < 1.29 is 4.74 Å². The Balaban J connectivity index is 2.56. The van der Waals surface area contributed by atoms with Gasteiger partial charge in [0.15, 0.2) is 5.82 Å². The van der Waals surface area contributed by atoms with Crippen molar-refractivity contribution in [2.45, 2.75) is 18.7 Å². The predicted molar refractivity (Wildman–Crippen MR) is 73.9 cm³/mol. The number of ether oxygens (including phenoxy) is 1. The topological polar surface area (TPSA) is 63.7 Å². The Hall–Kier alpha value is -1.71. The van der Waals surface area contributed by atoms with E-state index in [0.29, 0.717) is 16.7 Å². The number of halogens is 1. The fraction of sp³-hybridized carbons (Fsp3) is 0.250. The Morgan fingerprint density at radius 1 is 1.47 bits per heavy atom. The first-order valence-corrected chi connectivity index (χ1v) is 6.60. The quantitative estimate of drug-likeness (QED) is 0.643. The molecule has 0 aliphatic rings. The van der Waals surface area contributed by atoms with E-state index in [1.807, 2.05) is 19.2 Å². The highest BCUT2D eigenvalue weighted by molar-refractivity contribution is 8.03. The number of nitriles is 1. The summed E-state index contributed by atoms with van der Waals surface area (Å²) >= 11 is 7.09. The summed E-state index contributed by atoms with van der Waals surface area (Å²) in [5.41, 5.74) is 1.73. The van der Waals surface area contributed by atoms with Crippen molar-refractivity contribution in [1.82, 2.24) is 14.8 Å². The minimum atomic E-state index is 0.353. The van der Waals surface area contributed by atoms with E-state index in [0.717, 1.165) is 27.9 Å². The lowest BCUT2D eigenvalue weighted by atomic mass is 10.3. The summed E-state index contributed by atoms with van der Waals surface area (Å²) in [6.45, 7) is 3.78. The standard InChI is InChI=1S/C12H11ClN4OS/c1-7-4-9(13)12(18-3)16-11(7)17-8(2)10(5-15-17)19-6-14/h4-5H,1-3H3. The van der Waals surface area contributed by atoms with E-state index >= 15 is 0 Å². The van der Waals surface area contributed by atoms with Gasteiger partial charge in [-0.2, -0.15) is 15.3 Å². The van der Waals surface area contributed by atoms with Crippen LogP contribution in [0.1, 0.15) is 11.3 Å². The van der Waals surface area contributed by atoms with E-state index in [-0.39, 0.29) is 0 Å². The summed E-state index contributed by atoms with van der Waals surface area (Å²) < 4.78 is 6.79. The van der Waals surface area contributed by atoms with Crippen molar-refractivity contribution in [2.24, 2.45) is 0 Å². The highest BCUT2D eigenvalue weighted by Gasteiger charge is 2.14. The molecule has 98 valence electrons. The van der Waals surface area contributed by atoms with Crippen LogP contribution >= 0.6 is 23.4 Å². The number of hydrogen-bond donors (Lipinski definition) is 0. The number of thiocyanates is 1. The number of nitrogens with zero attached hydrogens (tertiary/aromatic N) is 4. The minimum absolute atomic E-state index is 0.353. The Labute approximate surface area is 120 Å². The number of rotatable bonds is 3. The lowest BCUT2D eigenvalue weighted by molar-refractivity contribution is 0.397. The van der Waals surface area contributed by atoms with Crippen molar-refractivity contribution in [2.75, 3.05) is 7.11 Å². The maximum atomic E-state index is 8.72. The summed E-state index contributed by atoms with van der Waals surface area (Å²) in [4.78, 5) is 5.15. The van der Waals surface area contributed by atoms with Crippen LogP contribution in [0.5, 0.6) is 5.88 Å². The smallest absolute Gasteiger partial charge is 0.234 e. The van der Waals surface area contributed by atoms with Gasteiger partial charge in [0.25, 0.3) is 0 Å². The molecule has 0 saturated carbocycles. The summed E-state index contributed by atoms with van der Waals surface area (Å²) in [5.74, 6) is 0.996. The molecule has 5 nitrogen and oxygen atoms in total. The van der Waals surface area contributed by atoms with E-state index in [1.165, 1.54) is 7.11 Å². The van der Waals surface area contributed by atoms with E-state index < -0.39 is 0 Å². The van der Waals surface area contributed by atoms with Crippen LogP contribution < -0.4 is 4.74 Å². The van der Waals surface area contributed by atoms with Crippen LogP contribution in [-0.2, 0) is 0 Å². The van der Waals surface area contributed by atoms with E-state index in [4.69, 9.17) is 21.6 Å². The molecule has 19 heavy (non-hydrogen) atoms. The van der Waals surface area contributed by atoms with Crippen LogP contribution in [0.15, 0.2) is 17.2 Å². The summed E-state index contributed by atoms with van der Waals surface area (Å²) in [5, 5.41) is 15.5. The van der Waals surface area contributed by atoms with Crippen molar-refractivity contribution >= 4 is 23.4 Å². The molecule has 0 bridgehead atoms. The summed E-state index contributed by atoms with van der Waals surface area (Å²) in [6, 6.07) is 1.78. The van der Waals surface area contributed by atoms with Gasteiger partial charge >= 0.3 is 0 Å². The molecule has 0 spiro atoms. The van der Waals surface area contributed by atoms with Gasteiger partial charge in [-0.25, -0.2) is 4.68 Å². The van der Waals surface area contributed by atoms with Gasteiger partial charge in [0, 0.05) is 0 Å². The van der Waals surface area contributed by atoms with Gasteiger partial charge in [-0.05, 0) is 37.2 Å². The zero-order valence-electron chi connectivity index (χ0n) is 10.6. The maximum Gasteiger partial charge on any atom is 0.234 e. The average Bonchev–Trinajstić information content (AvgIpc) is 2.72. The SMILES string of the molecule is COc1nc(-n2ncc(SC#N)c2C)c(C)cc1Cl. The van der Waals surface area contributed by atoms with Crippen LogP contribution in [0.4, 0.5) is 0 Å². The molecule has 2 aromatic rings. The van der Waals surface area contributed by atoms with Gasteiger partial charge in [0.1, 0.15) is 10.4 Å². The predicted octanol–water partition coefficient (Wildman–Crippen LogP) is 3.12. The van der Waals surface area contributed by atoms with Crippen LogP contribution in [0.25, 0.3) is 5.82 Å². The number of hydrogen-bond acceptors (Lipinski definition) is 5. The third-order valence-electron chi connectivity index (χ3n) is 2.62. The highest BCUT2D eigenvalue weighted by Crippen LogP contribution is 2.28. The van der Waals surface area contributed by atoms with Gasteiger partial charge in [-0.1, -0.05) is 11.6 Å². The van der Waals surface area contributed by atoms with Gasteiger partial charge in [-0.3, -0.25) is 0 Å². The molecule has 2 aromatic heterocycles. The largest absolute Gasteiger partial charge is 0.480 e. The van der Waals surface area contributed by atoms with Crippen LogP contribution in [0, 0.1) is 24.5 Å². The number of aryl methyl sites for hydroxylation is 1. The molecule has 0 aliphatic carbocycles. The molecule has 0 aliphatic heterocycles. The van der Waals surface area contributed by atoms with E-state index in [2.05, 4.69) is 10.1 Å². The third-order valence-corrected chi connectivity index (χ3v) is 3.60. The first-order valence-electron chi connectivity index (χ1n) is 5.40. The Kier molecular flexibility index (Phi) is 3.98. The average molecular weight is 295 g/mol. The second-order valence-corrected chi connectivity index (χ2v) is 5.05.